The zero-order valence-electron chi connectivity index (χ0n) is 15.0. The number of nitrogens with zero attached hydrogens (tertiary/aromatic N) is 1. The smallest absolute Gasteiger partial charge is 0.233 e. The second-order valence-corrected chi connectivity index (χ2v) is 8.81. The van der Waals surface area contributed by atoms with E-state index in [0.29, 0.717) is 11.3 Å². The Morgan fingerprint density at radius 2 is 1.80 bits per heavy atom. The molecule has 3 fully saturated rings. The summed E-state index contributed by atoms with van der Waals surface area (Å²) in [5.74, 6) is 0.357. The zero-order valence-corrected chi connectivity index (χ0v) is 15.8. The minimum absolute atomic E-state index is 0.346. The lowest BCUT2D eigenvalue weighted by Gasteiger charge is -2.45. The van der Waals surface area contributed by atoms with Gasteiger partial charge in [-0.25, -0.2) is 0 Å². The van der Waals surface area contributed by atoms with Crippen molar-refractivity contribution < 1.29 is 4.79 Å². The van der Waals surface area contributed by atoms with Crippen LogP contribution < -0.4 is 5.32 Å². The van der Waals surface area contributed by atoms with Gasteiger partial charge in [0, 0.05) is 24.7 Å². The van der Waals surface area contributed by atoms with E-state index in [1.807, 2.05) is 18.2 Å². The van der Waals surface area contributed by atoms with Crippen molar-refractivity contribution in [3.63, 3.8) is 0 Å². The highest BCUT2D eigenvalue weighted by atomic mass is 35.5. The fourth-order valence-corrected chi connectivity index (χ4v) is 5.47. The topological polar surface area (TPSA) is 32.3 Å². The number of hydrogen-bond acceptors (Lipinski definition) is 2. The highest BCUT2D eigenvalue weighted by Gasteiger charge is 2.46. The third-order valence-corrected chi connectivity index (χ3v) is 7.17. The van der Waals surface area contributed by atoms with Crippen LogP contribution in [0.15, 0.2) is 24.3 Å². The van der Waals surface area contributed by atoms with E-state index in [4.69, 9.17) is 11.6 Å². The van der Waals surface area contributed by atoms with Gasteiger partial charge in [-0.2, -0.15) is 0 Å². The van der Waals surface area contributed by atoms with Gasteiger partial charge in [0.15, 0.2) is 0 Å². The fourth-order valence-electron chi connectivity index (χ4n) is 5.28. The standard InChI is InChI=1S/C21H29ClN2O/c22-18-6-4-5-17(15-18)21(7-2-1-3-8-21)19(25)24-13-10-20(11-14-24)9-12-23-16-20/h4-6,15,23H,1-3,7-14,16H2. The van der Waals surface area contributed by atoms with Gasteiger partial charge in [-0.3, -0.25) is 4.79 Å². The number of hydrogen-bond donors (Lipinski definition) is 1. The Morgan fingerprint density at radius 1 is 1.04 bits per heavy atom. The summed E-state index contributed by atoms with van der Waals surface area (Å²) in [7, 11) is 0. The molecule has 2 aliphatic heterocycles. The van der Waals surface area contributed by atoms with Gasteiger partial charge < -0.3 is 10.2 Å². The molecule has 2 saturated heterocycles. The van der Waals surface area contributed by atoms with Crippen molar-refractivity contribution in [2.24, 2.45) is 5.41 Å². The van der Waals surface area contributed by atoms with E-state index in [1.54, 1.807) is 0 Å². The van der Waals surface area contributed by atoms with Crippen LogP contribution in [-0.2, 0) is 10.2 Å². The van der Waals surface area contributed by atoms with E-state index in [-0.39, 0.29) is 5.41 Å². The molecule has 0 bridgehead atoms. The van der Waals surface area contributed by atoms with Gasteiger partial charge in [-0.05, 0) is 61.8 Å². The van der Waals surface area contributed by atoms with Crippen molar-refractivity contribution in [1.29, 1.82) is 0 Å². The molecule has 0 atom stereocenters. The predicted octanol–water partition coefficient (Wildman–Crippen LogP) is 4.14. The molecule has 0 radical (unpaired) electrons. The van der Waals surface area contributed by atoms with Gasteiger partial charge in [0.05, 0.1) is 5.41 Å². The summed E-state index contributed by atoms with van der Waals surface area (Å²) in [6.45, 7) is 4.11. The Labute approximate surface area is 156 Å². The second-order valence-electron chi connectivity index (χ2n) is 8.37. The lowest BCUT2D eigenvalue weighted by atomic mass is 9.67. The molecular formula is C21H29ClN2O. The van der Waals surface area contributed by atoms with E-state index in [1.165, 1.54) is 12.8 Å². The van der Waals surface area contributed by atoms with Crippen LogP contribution in [0.2, 0.25) is 5.02 Å². The molecule has 0 aromatic heterocycles. The quantitative estimate of drug-likeness (QED) is 0.859. The maximum atomic E-state index is 13.7. The molecule has 1 aromatic carbocycles. The van der Waals surface area contributed by atoms with Crippen LogP contribution in [0.5, 0.6) is 0 Å². The number of rotatable bonds is 2. The summed E-state index contributed by atoms with van der Waals surface area (Å²) < 4.78 is 0. The van der Waals surface area contributed by atoms with Crippen LogP contribution in [-0.4, -0.2) is 37.0 Å². The van der Waals surface area contributed by atoms with Crippen LogP contribution in [0.3, 0.4) is 0 Å². The summed E-state index contributed by atoms with van der Waals surface area (Å²) in [5.41, 5.74) is 1.24. The van der Waals surface area contributed by atoms with Gasteiger partial charge >= 0.3 is 0 Å². The van der Waals surface area contributed by atoms with E-state index >= 15 is 0 Å². The summed E-state index contributed by atoms with van der Waals surface area (Å²) in [5, 5.41) is 4.25. The molecule has 2 heterocycles. The van der Waals surface area contributed by atoms with Crippen LogP contribution in [0, 0.1) is 5.41 Å². The number of carbonyl (C=O) groups excluding carboxylic acids is 1. The average Bonchev–Trinajstić information content (AvgIpc) is 3.10. The first-order valence-corrected chi connectivity index (χ1v) is 10.3. The molecule has 3 aliphatic rings. The van der Waals surface area contributed by atoms with Gasteiger partial charge in [-0.15, -0.1) is 0 Å². The lowest BCUT2D eigenvalue weighted by Crippen LogP contribution is -2.52. The lowest BCUT2D eigenvalue weighted by molar-refractivity contribution is -0.141. The Bertz CT molecular complexity index is 623. The predicted molar refractivity (Wildman–Crippen MR) is 102 cm³/mol. The number of likely N-dealkylation sites (tertiary alicyclic amines) is 1. The first kappa shape index (κ1) is 17.4. The fraction of sp³-hybridized carbons (Fsp3) is 0.667. The van der Waals surface area contributed by atoms with Crippen LogP contribution in [0.25, 0.3) is 0 Å². The Kier molecular flexibility index (Phi) is 4.81. The summed E-state index contributed by atoms with van der Waals surface area (Å²) in [6.07, 6.45) is 9.03. The molecular weight excluding hydrogens is 332 g/mol. The SMILES string of the molecule is O=C(N1CCC2(CCNC2)CC1)C1(c2cccc(Cl)c2)CCCCC1. The van der Waals surface area contributed by atoms with E-state index in [0.717, 1.165) is 75.3 Å². The molecule has 1 spiro atoms. The molecule has 4 heteroatoms. The molecule has 1 saturated carbocycles. The number of benzene rings is 1. The first-order chi connectivity index (χ1) is 12.1. The minimum Gasteiger partial charge on any atom is -0.342 e. The molecule has 136 valence electrons. The molecule has 1 aliphatic carbocycles. The Balaban J connectivity index is 1.56. The normalized spacial score (nSPS) is 25.2. The van der Waals surface area contributed by atoms with Crippen molar-refractivity contribution in [1.82, 2.24) is 10.2 Å². The maximum absolute atomic E-state index is 13.7. The number of nitrogens with one attached hydrogen (secondary N) is 1. The Hall–Kier alpha value is -1.06. The number of halogens is 1. The molecule has 1 aromatic rings. The Morgan fingerprint density at radius 3 is 2.44 bits per heavy atom. The van der Waals surface area contributed by atoms with E-state index in [2.05, 4.69) is 16.3 Å². The molecule has 1 amide bonds. The highest BCUT2D eigenvalue weighted by Crippen LogP contribution is 2.44. The van der Waals surface area contributed by atoms with Crippen LogP contribution in [0.4, 0.5) is 0 Å². The third kappa shape index (κ3) is 3.21. The first-order valence-electron chi connectivity index (χ1n) is 9.90. The number of amides is 1. The van der Waals surface area contributed by atoms with Gasteiger partial charge in [0.1, 0.15) is 0 Å². The molecule has 0 unspecified atom stereocenters. The molecule has 1 N–H and O–H groups in total. The number of piperidine rings is 1. The van der Waals surface area contributed by atoms with Crippen molar-refractivity contribution in [2.75, 3.05) is 26.2 Å². The minimum atomic E-state index is -0.346. The molecule has 25 heavy (non-hydrogen) atoms. The monoisotopic (exact) mass is 360 g/mol. The molecule has 4 rings (SSSR count). The summed E-state index contributed by atoms with van der Waals surface area (Å²) in [4.78, 5) is 15.8. The van der Waals surface area contributed by atoms with Crippen molar-refractivity contribution in [3.05, 3.63) is 34.9 Å². The largest absolute Gasteiger partial charge is 0.342 e. The highest BCUT2D eigenvalue weighted by molar-refractivity contribution is 6.30. The molecule has 3 nitrogen and oxygen atoms in total. The summed E-state index contributed by atoms with van der Waals surface area (Å²) in [6, 6.07) is 8.04. The van der Waals surface area contributed by atoms with E-state index < -0.39 is 0 Å². The van der Waals surface area contributed by atoms with Crippen molar-refractivity contribution in [3.8, 4) is 0 Å². The van der Waals surface area contributed by atoms with Crippen molar-refractivity contribution >= 4 is 17.5 Å². The van der Waals surface area contributed by atoms with Crippen LogP contribution in [0.1, 0.15) is 56.9 Å². The second kappa shape index (κ2) is 6.92. The van der Waals surface area contributed by atoms with E-state index in [9.17, 15) is 4.79 Å². The third-order valence-electron chi connectivity index (χ3n) is 6.94. The number of carbonyl (C=O) groups is 1. The maximum Gasteiger partial charge on any atom is 0.233 e. The zero-order chi connectivity index (χ0) is 17.3. The van der Waals surface area contributed by atoms with Gasteiger partial charge in [0.25, 0.3) is 0 Å². The van der Waals surface area contributed by atoms with Crippen molar-refractivity contribution in [2.45, 2.75) is 56.8 Å². The summed E-state index contributed by atoms with van der Waals surface area (Å²) >= 11 is 6.27. The van der Waals surface area contributed by atoms with Gasteiger partial charge in [0.2, 0.25) is 5.91 Å². The average molecular weight is 361 g/mol. The van der Waals surface area contributed by atoms with Crippen LogP contribution >= 0.6 is 11.6 Å². The van der Waals surface area contributed by atoms with Gasteiger partial charge in [-0.1, -0.05) is 43.0 Å².